The highest BCUT2D eigenvalue weighted by Crippen LogP contribution is 2.20. The van der Waals surface area contributed by atoms with Crippen LogP contribution in [-0.4, -0.2) is 27.1 Å². The number of aromatic amines is 1. The van der Waals surface area contributed by atoms with Crippen molar-refractivity contribution in [2.45, 2.75) is 20.0 Å². The molecule has 1 N–H and O–H groups in total. The molecule has 6 nitrogen and oxygen atoms in total. The van der Waals surface area contributed by atoms with Crippen molar-refractivity contribution in [1.29, 1.82) is 0 Å². The second-order valence-electron chi connectivity index (χ2n) is 5.54. The molecule has 0 aliphatic heterocycles. The van der Waals surface area contributed by atoms with Crippen molar-refractivity contribution in [3.8, 4) is 11.3 Å². The van der Waals surface area contributed by atoms with Gasteiger partial charge in [0, 0.05) is 30.8 Å². The first-order valence-electron chi connectivity index (χ1n) is 7.36. The summed E-state index contributed by atoms with van der Waals surface area (Å²) in [5.74, 6) is 1.37. The SMILES string of the molecule is Cc1nc(CN(C)Cc2cc(-c3ccccc3)on2)cc(=O)[nH]1. The quantitative estimate of drug-likeness (QED) is 0.783. The first kappa shape index (κ1) is 15.2. The Morgan fingerprint density at radius 3 is 2.61 bits per heavy atom. The van der Waals surface area contributed by atoms with Gasteiger partial charge in [-0.3, -0.25) is 9.69 Å². The second-order valence-corrected chi connectivity index (χ2v) is 5.54. The van der Waals surface area contributed by atoms with Crippen molar-refractivity contribution in [2.24, 2.45) is 0 Å². The van der Waals surface area contributed by atoms with Gasteiger partial charge in [-0.05, 0) is 14.0 Å². The summed E-state index contributed by atoms with van der Waals surface area (Å²) < 4.78 is 5.39. The molecule has 2 heterocycles. The monoisotopic (exact) mass is 310 g/mol. The Labute approximate surface area is 133 Å². The Morgan fingerprint density at radius 2 is 1.87 bits per heavy atom. The highest BCUT2D eigenvalue weighted by atomic mass is 16.5. The zero-order chi connectivity index (χ0) is 16.2. The molecule has 6 heteroatoms. The largest absolute Gasteiger partial charge is 0.356 e. The molecule has 0 atom stereocenters. The van der Waals surface area contributed by atoms with Gasteiger partial charge in [-0.1, -0.05) is 35.5 Å². The molecule has 0 fully saturated rings. The van der Waals surface area contributed by atoms with Crippen molar-refractivity contribution in [2.75, 3.05) is 7.05 Å². The van der Waals surface area contributed by atoms with Crippen LogP contribution in [0.3, 0.4) is 0 Å². The minimum atomic E-state index is -0.131. The van der Waals surface area contributed by atoms with Crippen LogP contribution in [0.2, 0.25) is 0 Å². The molecule has 0 radical (unpaired) electrons. The number of aryl methyl sites for hydroxylation is 1. The molecule has 0 aliphatic carbocycles. The van der Waals surface area contributed by atoms with Crippen LogP contribution >= 0.6 is 0 Å². The number of hydrogen-bond acceptors (Lipinski definition) is 5. The van der Waals surface area contributed by atoms with Crippen LogP contribution in [0.4, 0.5) is 0 Å². The molecule has 0 saturated carbocycles. The smallest absolute Gasteiger partial charge is 0.251 e. The lowest BCUT2D eigenvalue weighted by molar-refractivity contribution is 0.300. The van der Waals surface area contributed by atoms with Gasteiger partial charge in [0.2, 0.25) is 0 Å². The second kappa shape index (κ2) is 6.58. The minimum absolute atomic E-state index is 0.131. The van der Waals surface area contributed by atoms with Crippen molar-refractivity contribution in [1.82, 2.24) is 20.0 Å². The van der Waals surface area contributed by atoms with Gasteiger partial charge in [0.25, 0.3) is 5.56 Å². The third kappa shape index (κ3) is 3.92. The first-order valence-corrected chi connectivity index (χ1v) is 7.36. The van der Waals surface area contributed by atoms with E-state index in [9.17, 15) is 4.79 Å². The van der Waals surface area contributed by atoms with Gasteiger partial charge < -0.3 is 9.51 Å². The van der Waals surface area contributed by atoms with Crippen LogP contribution in [-0.2, 0) is 13.1 Å². The van der Waals surface area contributed by atoms with Gasteiger partial charge in [-0.15, -0.1) is 0 Å². The number of H-pyrrole nitrogens is 1. The fourth-order valence-electron chi connectivity index (χ4n) is 2.46. The van der Waals surface area contributed by atoms with Crippen LogP contribution in [0.5, 0.6) is 0 Å². The lowest BCUT2D eigenvalue weighted by Crippen LogP contribution is -2.20. The highest BCUT2D eigenvalue weighted by Gasteiger charge is 2.10. The zero-order valence-electron chi connectivity index (χ0n) is 13.1. The molecule has 0 bridgehead atoms. The zero-order valence-corrected chi connectivity index (χ0v) is 13.1. The summed E-state index contributed by atoms with van der Waals surface area (Å²) in [6.07, 6.45) is 0. The molecule has 0 unspecified atom stereocenters. The van der Waals surface area contributed by atoms with Gasteiger partial charge >= 0.3 is 0 Å². The van der Waals surface area contributed by atoms with Crippen LogP contribution in [0, 0.1) is 6.92 Å². The van der Waals surface area contributed by atoms with Crippen molar-refractivity contribution in [3.63, 3.8) is 0 Å². The minimum Gasteiger partial charge on any atom is -0.356 e. The molecule has 0 saturated heterocycles. The molecule has 0 aliphatic rings. The van der Waals surface area contributed by atoms with Gasteiger partial charge in [-0.2, -0.15) is 0 Å². The average molecular weight is 310 g/mol. The van der Waals surface area contributed by atoms with Crippen LogP contribution in [0.1, 0.15) is 17.2 Å². The number of benzene rings is 1. The molecule has 118 valence electrons. The van der Waals surface area contributed by atoms with Gasteiger partial charge in [-0.25, -0.2) is 4.98 Å². The molecule has 23 heavy (non-hydrogen) atoms. The summed E-state index contributed by atoms with van der Waals surface area (Å²) in [5.41, 5.74) is 2.45. The summed E-state index contributed by atoms with van der Waals surface area (Å²) in [6, 6.07) is 13.3. The van der Waals surface area contributed by atoms with E-state index in [1.165, 1.54) is 6.07 Å². The van der Waals surface area contributed by atoms with Gasteiger partial charge in [0.15, 0.2) is 5.76 Å². The molecule has 3 rings (SSSR count). The number of rotatable bonds is 5. The normalized spacial score (nSPS) is 11.1. The van der Waals surface area contributed by atoms with E-state index in [2.05, 4.69) is 15.1 Å². The summed E-state index contributed by atoms with van der Waals surface area (Å²) in [4.78, 5) is 20.5. The van der Waals surface area contributed by atoms with E-state index >= 15 is 0 Å². The predicted molar refractivity (Wildman–Crippen MR) is 86.7 cm³/mol. The average Bonchev–Trinajstić information content (AvgIpc) is 2.95. The van der Waals surface area contributed by atoms with E-state index in [0.29, 0.717) is 18.9 Å². The Balaban J connectivity index is 1.67. The van der Waals surface area contributed by atoms with Gasteiger partial charge in [0.1, 0.15) is 5.82 Å². The Bertz CT molecular complexity index is 839. The molecule has 3 aromatic rings. The fraction of sp³-hybridized carbons (Fsp3) is 0.235. The molecule has 0 spiro atoms. The van der Waals surface area contributed by atoms with E-state index in [0.717, 1.165) is 22.7 Å². The lowest BCUT2D eigenvalue weighted by Gasteiger charge is -2.14. The standard InChI is InChI=1S/C17H18N4O2/c1-12-18-14(9-17(22)19-12)10-21(2)11-15-8-16(23-20-15)13-6-4-3-5-7-13/h3-9H,10-11H2,1-2H3,(H,18,19,22). The van der Waals surface area contributed by atoms with Crippen LogP contribution in [0.15, 0.2) is 51.8 Å². The lowest BCUT2D eigenvalue weighted by atomic mass is 10.1. The molecular weight excluding hydrogens is 292 g/mol. The van der Waals surface area contributed by atoms with Crippen molar-refractivity contribution < 1.29 is 4.52 Å². The summed E-state index contributed by atoms with van der Waals surface area (Å²) in [5, 5.41) is 4.10. The first-order chi connectivity index (χ1) is 11.1. The van der Waals surface area contributed by atoms with Gasteiger partial charge in [0.05, 0.1) is 11.4 Å². The topological polar surface area (TPSA) is 75.0 Å². The maximum absolute atomic E-state index is 11.5. The number of nitrogens with zero attached hydrogens (tertiary/aromatic N) is 3. The number of aromatic nitrogens is 3. The van der Waals surface area contributed by atoms with E-state index in [1.807, 2.05) is 48.3 Å². The van der Waals surface area contributed by atoms with E-state index in [-0.39, 0.29) is 5.56 Å². The third-order valence-electron chi connectivity index (χ3n) is 3.39. The van der Waals surface area contributed by atoms with E-state index in [1.54, 1.807) is 6.92 Å². The molecule has 2 aromatic heterocycles. The number of hydrogen-bond donors (Lipinski definition) is 1. The molecular formula is C17H18N4O2. The van der Waals surface area contributed by atoms with E-state index in [4.69, 9.17) is 4.52 Å². The van der Waals surface area contributed by atoms with E-state index < -0.39 is 0 Å². The van der Waals surface area contributed by atoms with Crippen molar-refractivity contribution >= 4 is 0 Å². The third-order valence-corrected chi connectivity index (χ3v) is 3.39. The van der Waals surface area contributed by atoms with Crippen LogP contribution in [0.25, 0.3) is 11.3 Å². The number of nitrogens with one attached hydrogen (secondary N) is 1. The Hall–Kier alpha value is -2.73. The van der Waals surface area contributed by atoms with Crippen molar-refractivity contribution in [3.05, 3.63) is 70.0 Å². The Kier molecular flexibility index (Phi) is 4.34. The maximum atomic E-state index is 11.5. The molecule has 0 amide bonds. The summed E-state index contributed by atoms with van der Waals surface area (Å²) in [6.45, 7) is 2.96. The predicted octanol–water partition coefficient (Wildman–Crippen LogP) is 2.37. The van der Waals surface area contributed by atoms with Crippen LogP contribution < -0.4 is 5.56 Å². The highest BCUT2D eigenvalue weighted by molar-refractivity contribution is 5.56. The summed E-state index contributed by atoms with van der Waals surface area (Å²) >= 11 is 0. The Morgan fingerprint density at radius 1 is 1.13 bits per heavy atom. The maximum Gasteiger partial charge on any atom is 0.251 e. The summed E-state index contributed by atoms with van der Waals surface area (Å²) in [7, 11) is 1.95. The fourth-order valence-corrected chi connectivity index (χ4v) is 2.46. The molecule has 1 aromatic carbocycles.